The van der Waals surface area contributed by atoms with Crippen LogP contribution in [0.2, 0.25) is 39.3 Å². The number of aromatic nitrogens is 2. The van der Waals surface area contributed by atoms with Crippen LogP contribution >= 0.6 is 0 Å². The molecule has 0 aliphatic heterocycles. The Balaban J connectivity index is 1.17. The second-order valence-corrected chi connectivity index (χ2v) is 33.3. The summed E-state index contributed by atoms with van der Waals surface area (Å²) in [4.78, 5) is 19.6. The SMILES string of the molecule is [C-]#[N+]c1cccc(-c2nc3c(N(c4ccccc4)c4ccc([Si](C)(C)C)cc4)cc4c(c3o2)-c2c(cc(N(c3ccccc3)c3ccc([Si](C)(C)C)cc3)c3nc(-c5cccc(C#N)c5)oc23)C42c3ccccc3-c3ccccc32)c1. The first-order valence-electron chi connectivity index (χ1n) is 27.4. The van der Waals surface area contributed by atoms with E-state index in [1.807, 2.05) is 36.4 Å². The lowest BCUT2D eigenvalue weighted by atomic mass is 9.70. The summed E-state index contributed by atoms with van der Waals surface area (Å²) < 4.78 is 14.9. The highest BCUT2D eigenvalue weighted by Gasteiger charge is 2.55. The van der Waals surface area contributed by atoms with E-state index in [4.69, 9.17) is 25.4 Å². The number of rotatable bonds is 10. The largest absolute Gasteiger partial charge is 0.435 e. The van der Waals surface area contributed by atoms with Gasteiger partial charge in [0.15, 0.2) is 16.9 Å². The number of para-hydroxylation sites is 2. The molecule has 1 spiro atoms. The number of hydrogen-bond acceptors (Lipinski definition) is 7. The van der Waals surface area contributed by atoms with Crippen LogP contribution in [-0.4, -0.2) is 26.1 Å². The van der Waals surface area contributed by atoms with Crippen LogP contribution in [0.5, 0.6) is 0 Å². The second kappa shape index (κ2) is 18.6. The van der Waals surface area contributed by atoms with Crippen LogP contribution < -0.4 is 20.2 Å². The summed E-state index contributed by atoms with van der Waals surface area (Å²) in [6.07, 6.45) is 0. The smallest absolute Gasteiger partial charge is 0.227 e. The molecular formula is C71H54N6O2Si2. The standard InChI is InChI=1S/C71H54N6O2Si2/c1-73-48-23-19-22-47(41-48)70-75-66-62(77(50-26-12-9-13-27-50)52-34-38-54(39-35-52)81(5,6)7)43-60-64(68(66)79-70)63-59(71(60)57-30-16-14-28-55(57)56-29-15-17-31-58(56)71)42-61(65-67(63)78-69(74-65)46-21-18-20-45(40-46)44-72)76(49-24-10-8-11-25-49)51-32-36-53(37-33-51)80(2,3)4/h8-43H,2-7H3. The molecule has 8 nitrogen and oxygen atoms in total. The zero-order chi connectivity index (χ0) is 55.4. The molecular weight excluding hydrogens is 1020 g/mol. The minimum Gasteiger partial charge on any atom is -0.435 e. The summed E-state index contributed by atoms with van der Waals surface area (Å²) in [5, 5.41) is 12.9. The van der Waals surface area contributed by atoms with Crippen molar-refractivity contribution in [1.29, 1.82) is 5.26 Å². The molecule has 2 aliphatic carbocycles. The van der Waals surface area contributed by atoms with E-state index in [0.717, 1.165) is 78.6 Å². The van der Waals surface area contributed by atoms with Gasteiger partial charge in [-0.15, -0.1) is 0 Å². The van der Waals surface area contributed by atoms with E-state index < -0.39 is 21.6 Å². The minimum atomic E-state index is -1.69. The van der Waals surface area contributed by atoms with Crippen LogP contribution in [0.15, 0.2) is 227 Å². The Morgan fingerprint density at radius 2 is 0.877 bits per heavy atom. The van der Waals surface area contributed by atoms with Crippen molar-refractivity contribution in [3.8, 4) is 51.2 Å². The summed E-state index contributed by atoms with van der Waals surface area (Å²) >= 11 is 0. The van der Waals surface area contributed by atoms with Crippen molar-refractivity contribution in [2.45, 2.75) is 44.7 Å². The van der Waals surface area contributed by atoms with E-state index in [-0.39, 0.29) is 0 Å². The van der Waals surface area contributed by atoms with Crippen LogP contribution in [-0.2, 0) is 5.41 Å². The zero-order valence-electron chi connectivity index (χ0n) is 45.8. The van der Waals surface area contributed by atoms with Crippen molar-refractivity contribution in [1.82, 2.24) is 9.97 Å². The maximum atomic E-state index is 10.2. The Morgan fingerprint density at radius 3 is 1.32 bits per heavy atom. The molecule has 81 heavy (non-hydrogen) atoms. The predicted molar refractivity (Wildman–Crippen MR) is 335 cm³/mol. The fraction of sp³-hybridized carbons (Fsp3) is 0.0986. The summed E-state index contributed by atoms with van der Waals surface area (Å²) in [5.41, 5.74) is 17.6. The third-order valence-corrected chi connectivity index (χ3v) is 20.4. The average Bonchev–Trinajstić information content (AvgIpc) is 1.86. The third kappa shape index (κ3) is 7.82. The maximum absolute atomic E-state index is 10.2. The average molecular weight is 1080 g/mol. The Hall–Kier alpha value is -9.85. The quantitative estimate of drug-likeness (QED) is 0.0996. The van der Waals surface area contributed by atoms with Crippen LogP contribution in [0.25, 0.3) is 72.2 Å². The van der Waals surface area contributed by atoms with E-state index in [9.17, 15) is 5.26 Å². The van der Waals surface area contributed by atoms with E-state index in [1.165, 1.54) is 10.4 Å². The molecule has 388 valence electrons. The second-order valence-electron chi connectivity index (χ2n) is 23.2. The maximum Gasteiger partial charge on any atom is 0.227 e. The topological polar surface area (TPSA) is 86.7 Å². The molecule has 0 radical (unpaired) electrons. The highest BCUT2D eigenvalue weighted by atomic mass is 28.3. The first-order valence-corrected chi connectivity index (χ1v) is 34.4. The summed E-state index contributed by atoms with van der Waals surface area (Å²) in [6.45, 7) is 22.3. The highest BCUT2D eigenvalue weighted by Crippen LogP contribution is 2.67. The van der Waals surface area contributed by atoms with Crippen molar-refractivity contribution in [3.05, 3.63) is 258 Å². The molecule has 12 aromatic rings. The molecule has 2 aliphatic rings. The molecule has 10 aromatic carbocycles. The van der Waals surface area contributed by atoms with Gasteiger partial charge in [0.2, 0.25) is 11.8 Å². The number of nitrogens with zero attached hydrogens (tertiary/aromatic N) is 6. The fourth-order valence-corrected chi connectivity index (χ4v) is 14.8. The van der Waals surface area contributed by atoms with Gasteiger partial charge in [-0.05, 0) is 118 Å². The molecule has 0 bridgehead atoms. The minimum absolute atomic E-state index is 0.382. The lowest BCUT2D eigenvalue weighted by Crippen LogP contribution is -2.37. The van der Waals surface area contributed by atoms with Gasteiger partial charge in [0.1, 0.15) is 11.0 Å². The van der Waals surface area contributed by atoms with Crippen LogP contribution in [0.4, 0.5) is 39.8 Å². The zero-order valence-corrected chi connectivity index (χ0v) is 47.8. The van der Waals surface area contributed by atoms with Crippen molar-refractivity contribution in [3.63, 3.8) is 0 Å². The van der Waals surface area contributed by atoms with Gasteiger partial charge < -0.3 is 18.6 Å². The number of oxazole rings is 2. The summed E-state index contributed by atoms with van der Waals surface area (Å²) in [7, 11) is -3.37. The molecule has 0 atom stereocenters. The first kappa shape index (κ1) is 49.4. The van der Waals surface area contributed by atoms with Crippen LogP contribution in [0, 0.1) is 17.9 Å². The fourth-order valence-electron chi connectivity index (χ4n) is 12.4. The van der Waals surface area contributed by atoms with Crippen molar-refractivity contribution in [2.75, 3.05) is 9.80 Å². The predicted octanol–water partition coefficient (Wildman–Crippen LogP) is 18.1. The normalized spacial score (nSPS) is 12.9. The van der Waals surface area contributed by atoms with Crippen molar-refractivity contribution < 1.29 is 8.83 Å². The van der Waals surface area contributed by atoms with E-state index in [1.54, 1.807) is 12.1 Å². The lowest BCUT2D eigenvalue weighted by Gasteiger charge is -2.33. The number of hydrogen-bond donors (Lipinski definition) is 0. The van der Waals surface area contributed by atoms with Gasteiger partial charge in [-0.1, -0.05) is 183 Å². The monoisotopic (exact) mass is 1080 g/mol. The lowest BCUT2D eigenvalue weighted by molar-refractivity contribution is 0.616. The molecule has 2 aromatic heterocycles. The molecule has 0 saturated carbocycles. The Kier molecular flexibility index (Phi) is 11.4. The number of anilines is 6. The molecule has 0 saturated heterocycles. The van der Waals surface area contributed by atoms with Crippen LogP contribution in [0.1, 0.15) is 27.8 Å². The molecule has 0 unspecified atom stereocenters. The third-order valence-electron chi connectivity index (χ3n) is 16.3. The molecule has 0 N–H and O–H groups in total. The van der Waals surface area contributed by atoms with Gasteiger partial charge in [0.05, 0.1) is 51.1 Å². The van der Waals surface area contributed by atoms with Gasteiger partial charge in [0.25, 0.3) is 0 Å². The van der Waals surface area contributed by atoms with Gasteiger partial charge >= 0.3 is 0 Å². The Labute approximate surface area is 473 Å². The molecule has 2 heterocycles. The van der Waals surface area contributed by atoms with Gasteiger partial charge in [-0.25, -0.2) is 14.8 Å². The molecule has 14 rings (SSSR count). The van der Waals surface area contributed by atoms with Gasteiger partial charge in [-0.3, -0.25) is 0 Å². The van der Waals surface area contributed by atoms with E-state index >= 15 is 0 Å². The molecule has 0 amide bonds. The van der Waals surface area contributed by atoms with Crippen LogP contribution in [0.3, 0.4) is 0 Å². The molecule has 0 fully saturated rings. The highest BCUT2D eigenvalue weighted by molar-refractivity contribution is 6.89. The molecule has 10 heteroatoms. The number of fused-ring (bicyclic) bond motifs is 14. The number of benzene rings is 10. The van der Waals surface area contributed by atoms with E-state index in [0.29, 0.717) is 56.4 Å². The van der Waals surface area contributed by atoms with Gasteiger partial charge in [-0.2, -0.15) is 5.26 Å². The van der Waals surface area contributed by atoms with Crippen molar-refractivity contribution >= 4 is 88.5 Å². The summed E-state index contributed by atoms with van der Waals surface area (Å²) in [5.74, 6) is 0.770. The Morgan fingerprint density at radius 1 is 0.457 bits per heavy atom. The van der Waals surface area contributed by atoms with E-state index in [2.05, 4.69) is 230 Å². The van der Waals surface area contributed by atoms with Gasteiger partial charge in [0, 0.05) is 45.0 Å². The summed E-state index contributed by atoms with van der Waals surface area (Å²) in [6, 6.07) is 78.8. The Bertz CT molecular complexity index is 4280. The van der Waals surface area contributed by atoms with Crippen molar-refractivity contribution in [2.24, 2.45) is 0 Å². The first-order chi connectivity index (χ1) is 39.3. The number of nitriles is 1.